The average molecular weight is 287 g/mol. The van der Waals surface area contributed by atoms with Gasteiger partial charge >= 0.3 is 0 Å². The van der Waals surface area contributed by atoms with Gasteiger partial charge in [-0.3, -0.25) is 9.59 Å². The molecule has 0 atom stereocenters. The number of nitrogen functional groups attached to an aromatic ring is 1. The number of nitrogens with two attached hydrogens (primary N) is 1. The van der Waals surface area contributed by atoms with Gasteiger partial charge in [0.1, 0.15) is 5.82 Å². The fourth-order valence-electron chi connectivity index (χ4n) is 1.68. The van der Waals surface area contributed by atoms with E-state index in [0.29, 0.717) is 11.3 Å². The number of nitrogens with one attached hydrogen (secondary N) is 2. The number of amides is 2. The Balaban J connectivity index is 1.87. The zero-order valence-electron chi connectivity index (χ0n) is 11.1. The standard InChI is InChI=1S/C15H14FN3O2/c16-12-7-6-11(8-13(12)17)19-14(20)9-18-15(21)10-4-2-1-3-5-10/h1-8H,9,17H2,(H,18,21)(H,19,20). The van der Waals surface area contributed by atoms with E-state index in [1.165, 1.54) is 12.1 Å². The topological polar surface area (TPSA) is 84.2 Å². The van der Waals surface area contributed by atoms with E-state index < -0.39 is 11.7 Å². The summed E-state index contributed by atoms with van der Waals surface area (Å²) in [7, 11) is 0. The lowest BCUT2D eigenvalue weighted by Crippen LogP contribution is -2.32. The maximum Gasteiger partial charge on any atom is 0.251 e. The van der Waals surface area contributed by atoms with Gasteiger partial charge in [-0.15, -0.1) is 0 Å². The normalized spacial score (nSPS) is 9.95. The van der Waals surface area contributed by atoms with E-state index in [0.717, 1.165) is 6.07 Å². The molecule has 0 aromatic heterocycles. The van der Waals surface area contributed by atoms with Crippen molar-refractivity contribution in [3.63, 3.8) is 0 Å². The van der Waals surface area contributed by atoms with Crippen molar-refractivity contribution in [2.24, 2.45) is 0 Å². The van der Waals surface area contributed by atoms with E-state index in [1.54, 1.807) is 30.3 Å². The molecule has 0 heterocycles. The Morgan fingerprint density at radius 2 is 1.81 bits per heavy atom. The van der Waals surface area contributed by atoms with Crippen LogP contribution < -0.4 is 16.4 Å². The van der Waals surface area contributed by atoms with Crippen LogP contribution in [0.5, 0.6) is 0 Å². The number of benzene rings is 2. The molecule has 4 N–H and O–H groups in total. The third kappa shape index (κ3) is 4.04. The second-order valence-electron chi connectivity index (χ2n) is 4.33. The van der Waals surface area contributed by atoms with Crippen LogP contribution in [0.1, 0.15) is 10.4 Å². The molecule has 0 saturated carbocycles. The molecule has 0 aliphatic carbocycles. The fourth-order valence-corrected chi connectivity index (χ4v) is 1.68. The third-order valence-electron chi connectivity index (χ3n) is 2.73. The van der Waals surface area contributed by atoms with Crippen LogP contribution in [-0.4, -0.2) is 18.4 Å². The summed E-state index contributed by atoms with van der Waals surface area (Å²) in [6.07, 6.45) is 0. The second-order valence-corrected chi connectivity index (χ2v) is 4.33. The quantitative estimate of drug-likeness (QED) is 0.749. The highest BCUT2D eigenvalue weighted by Gasteiger charge is 2.08. The van der Waals surface area contributed by atoms with Crippen LogP contribution in [0.2, 0.25) is 0 Å². The molecule has 2 amide bonds. The Morgan fingerprint density at radius 1 is 1.10 bits per heavy atom. The summed E-state index contributed by atoms with van der Waals surface area (Å²) in [6, 6.07) is 12.4. The van der Waals surface area contributed by atoms with Crippen molar-refractivity contribution in [3.8, 4) is 0 Å². The summed E-state index contributed by atoms with van der Waals surface area (Å²) < 4.78 is 13.0. The molecule has 2 aromatic carbocycles. The van der Waals surface area contributed by atoms with Gasteiger partial charge in [0.2, 0.25) is 5.91 Å². The number of halogens is 1. The first-order valence-corrected chi connectivity index (χ1v) is 6.24. The Kier molecular flexibility index (Phi) is 4.50. The Hall–Kier alpha value is -2.89. The largest absolute Gasteiger partial charge is 0.396 e. The molecule has 21 heavy (non-hydrogen) atoms. The summed E-state index contributed by atoms with van der Waals surface area (Å²) >= 11 is 0. The van der Waals surface area contributed by atoms with Gasteiger partial charge in [0.05, 0.1) is 12.2 Å². The molecule has 0 fully saturated rings. The minimum Gasteiger partial charge on any atom is -0.396 e. The first kappa shape index (κ1) is 14.5. The first-order valence-electron chi connectivity index (χ1n) is 6.24. The zero-order chi connectivity index (χ0) is 15.2. The van der Waals surface area contributed by atoms with Crippen LogP contribution in [0.3, 0.4) is 0 Å². The van der Waals surface area contributed by atoms with Gasteiger partial charge in [0, 0.05) is 11.3 Å². The van der Waals surface area contributed by atoms with Crippen LogP contribution in [0.15, 0.2) is 48.5 Å². The number of rotatable bonds is 4. The molecule has 0 unspecified atom stereocenters. The molecule has 0 spiro atoms. The van der Waals surface area contributed by atoms with E-state index >= 15 is 0 Å². The number of hydrogen-bond donors (Lipinski definition) is 3. The van der Waals surface area contributed by atoms with E-state index in [4.69, 9.17) is 5.73 Å². The van der Waals surface area contributed by atoms with Gasteiger partial charge in [-0.1, -0.05) is 18.2 Å². The Bertz CT molecular complexity index is 659. The van der Waals surface area contributed by atoms with Crippen molar-refractivity contribution < 1.29 is 14.0 Å². The van der Waals surface area contributed by atoms with Crippen LogP contribution >= 0.6 is 0 Å². The SMILES string of the molecule is Nc1cc(NC(=O)CNC(=O)c2ccccc2)ccc1F. The molecule has 0 aliphatic heterocycles. The molecular formula is C15H14FN3O2. The van der Waals surface area contributed by atoms with Crippen molar-refractivity contribution >= 4 is 23.2 Å². The van der Waals surface area contributed by atoms with Crippen molar-refractivity contribution in [2.75, 3.05) is 17.6 Å². The predicted octanol–water partition coefficient (Wildman–Crippen LogP) is 1.78. The molecule has 0 aliphatic rings. The summed E-state index contributed by atoms with van der Waals surface area (Å²) in [5, 5.41) is 5.01. The van der Waals surface area contributed by atoms with Gasteiger partial charge in [-0.05, 0) is 30.3 Å². The smallest absolute Gasteiger partial charge is 0.251 e. The van der Waals surface area contributed by atoms with Crippen molar-refractivity contribution in [3.05, 3.63) is 59.9 Å². The number of anilines is 2. The van der Waals surface area contributed by atoms with Crippen LogP contribution in [0, 0.1) is 5.82 Å². The van der Waals surface area contributed by atoms with E-state index in [-0.39, 0.29) is 18.1 Å². The van der Waals surface area contributed by atoms with Crippen molar-refractivity contribution in [1.29, 1.82) is 0 Å². The molecule has 108 valence electrons. The molecular weight excluding hydrogens is 273 g/mol. The molecule has 5 nitrogen and oxygen atoms in total. The lowest BCUT2D eigenvalue weighted by atomic mass is 10.2. The summed E-state index contributed by atoms with van der Waals surface area (Å²) in [4.78, 5) is 23.4. The van der Waals surface area contributed by atoms with E-state index in [2.05, 4.69) is 10.6 Å². The third-order valence-corrected chi connectivity index (χ3v) is 2.73. The van der Waals surface area contributed by atoms with Gasteiger partial charge in [0.25, 0.3) is 5.91 Å². The highest BCUT2D eigenvalue weighted by atomic mass is 19.1. The van der Waals surface area contributed by atoms with Crippen molar-refractivity contribution in [1.82, 2.24) is 5.32 Å². The maximum absolute atomic E-state index is 13.0. The predicted molar refractivity (Wildman–Crippen MR) is 78.2 cm³/mol. The molecule has 0 saturated heterocycles. The summed E-state index contributed by atoms with van der Waals surface area (Å²) in [5.74, 6) is -1.32. The average Bonchev–Trinajstić information content (AvgIpc) is 2.49. The molecule has 6 heteroatoms. The molecule has 2 aromatic rings. The van der Waals surface area contributed by atoms with Gasteiger partial charge in [0.15, 0.2) is 0 Å². The molecule has 2 rings (SSSR count). The second kappa shape index (κ2) is 6.51. The maximum atomic E-state index is 13.0. The minimum atomic E-state index is -0.551. The van der Waals surface area contributed by atoms with E-state index in [9.17, 15) is 14.0 Å². The van der Waals surface area contributed by atoms with Crippen LogP contribution in [0.4, 0.5) is 15.8 Å². The van der Waals surface area contributed by atoms with Gasteiger partial charge in [-0.2, -0.15) is 0 Å². The highest BCUT2D eigenvalue weighted by molar-refractivity contribution is 5.99. The molecule has 0 bridgehead atoms. The number of carbonyl (C=O) groups excluding carboxylic acids is 2. The summed E-state index contributed by atoms with van der Waals surface area (Å²) in [5.41, 5.74) is 6.18. The van der Waals surface area contributed by atoms with Crippen LogP contribution in [0.25, 0.3) is 0 Å². The summed E-state index contributed by atoms with van der Waals surface area (Å²) in [6.45, 7) is -0.189. The lowest BCUT2D eigenvalue weighted by Gasteiger charge is -2.08. The molecule has 0 radical (unpaired) electrons. The fraction of sp³-hybridized carbons (Fsp3) is 0.0667. The minimum absolute atomic E-state index is 0.0545. The number of hydrogen-bond acceptors (Lipinski definition) is 3. The Labute approximate surface area is 121 Å². The van der Waals surface area contributed by atoms with Gasteiger partial charge in [-0.25, -0.2) is 4.39 Å². The Morgan fingerprint density at radius 3 is 2.48 bits per heavy atom. The zero-order valence-corrected chi connectivity index (χ0v) is 11.1. The highest BCUT2D eigenvalue weighted by Crippen LogP contribution is 2.15. The number of carbonyl (C=O) groups is 2. The van der Waals surface area contributed by atoms with E-state index in [1.807, 2.05) is 0 Å². The van der Waals surface area contributed by atoms with Crippen LogP contribution in [-0.2, 0) is 4.79 Å². The van der Waals surface area contributed by atoms with Gasteiger partial charge < -0.3 is 16.4 Å². The van der Waals surface area contributed by atoms with Crippen molar-refractivity contribution in [2.45, 2.75) is 0 Å². The first-order chi connectivity index (χ1) is 10.1. The monoisotopic (exact) mass is 287 g/mol. The lowest BCUT2D eigenvalue weighted by molar-refractivity contribution is -0.115.